The van der Waals surface area contributed by atoms with E-state index in [1.165, 1.54) is 37.7 Å². The van der Waals surface area contributed by atoms with E-state index in [0.29, 0.717) is 5.56 Å². The summed E-state index contributed by atoms with van der Waals surface area (Å²) in [6.45, 7) is 6.88. The largest absolute Gasteiger partial charge is 0.494 e. The van der Waals surface area contributed by atoms with E-state index in [-0.39, 0.29) is 12.1 Å². The molecule has 0 spiro atoms. The minimum atomic E-state index is -0.314. The molecule has 0 aromatic heterocycles. The zero-order valence-corrected chi connectivity index (χ0v) is 16.9. The third kappa shape index (κ3) is 7.46. The van der Waals surface area contributed by atoms with Crippen LogP contribution in [0.25, 0.3) is 0 Å². The van der Waals surface area contributed by atoms with Crippen molar-refractivity contribution in [3.8, 4) is 5.75 Å². The predicted molar refractivity (Wildman–Crippen MR) is 110 cm³/mol. The van der Waals surface area contributed by atoms with Crippen molar-refractivity contribution < 1.29 is 14.3 Å². The van der Waals surface area contributed by atoms with Gasteiger partial charge in [0.2, 0.25) is 0 Å². The maximum absolute atomic E-state index is 12.3. The second-order valence-electron chi connectivity index (χ2n) is 7.10. The summed E-state index contributed by atoms with van der Waals surface area (Å²) in [7, 11) is 0. The second-order valence-corrected chi connectivity index (χ2v) is 7.10. The molecule has 2 rings (SSSR count). The molecular weight excluding hydrogens is 336 g/mol. The molecule has 0 bridgehead atoms. The highest BCUT2D eigenvalue weighted by molar-refractivity contribution is 5.89. The fraction of sp³-hybridized carbons (Fsp3) is 0.458. The molecule has 0 aliphatic carbocycles. The fourth-order valence-electron chi connectivity index (χ4n) is 2.89. The van der Waals surface area contributed by atoms with Gasteiger partial charge in [-0.1, -0.05) is 68.9 Å². The number of esters is 1. The average Bonchev–Trinajstić information content (AvgIpc) is 2.68. The lowest BCUT2D eigenvalue weighted by Crippen LogP contribution is -2.09. The van der Waals surface area contributed by atoms with E-state index in [1.54, 1.807) is 12.1 Å². The van der Waals surface area contributed by atoms with Crippen molar-refractivity contribution in [2.24, 2.45) is 0 Å². The van der Waals surface area contributed by atoms with E-state index in [1.807, 2.05) is 50.2 Å². The standard InChI is InChI=1S/C24H32O3/c1-4-5-6-7-8-9-18-26-23-16-14-22(15-17-23)24(25)27-20(3)21-12-10-19(2)11-13-21/h10-17,20H,4-9,18H2,1-3H3. The van der Waals surface area contributed by atoms with Crippen LogP contribution in [0.5, 0.6) is 5.75 Å². The summed E-state index contributed by atoms with van der Waals surface area (Å²) in [6, 6.07) is 15.2. The number of carbonyl (C=O) groups is 1. The summed E-state index contributed by atoms with van der Waals surface area (Å²) in [5.74, 6) is 0.484. The maximum atomic E-state index is 12.3. The smallest absolute Gasteiger partial charge is 0.338 e. The van der Waals surface area contributed by atoms with Gasteiger partial charge in [0.05, 0.1) is 12.2 Å². The van der Waals surface area contributed by atoms with Crippen molar-refractivity contribution in [3.63, 3.8) is 0 Å². The number of aryl methyl sites for hydroxylation is 1. The van der Waals surface area contributed by atoms with Crippen LogP contribution in [0.1, 0.15) is 80.0 Å². The van der Waals surface area contributed by atoms with Crippen LogP contribution >= 0.6 is 0 Å². The van der Waals surface area contributed by atoms with Crippen LogP contribution in [0, 0.1) is 6.92 Å². The molecule has 1 atom stereocenters. The number of benzene rings is 2. The van der Waals surface area contributed by atoms with Gasteiger partial charge in [-0.2, -0.15) is 0 Å². The molecule has 1 unspecified atom stereocenters. The zero-order valence-electron chi connectivity index (χ0n) is 16.9. The molecule has 0 saturated carbocycles. The van der Waals surface area contributed by atoms with Gasteiger partial charge in [0, 0.05) is 0 Å². The number of carbonyl (C=O) groups excluding carboxylic acids is 1. The molecule has 0 N–H and O–H groups in total. The summed E-state index contributed by atoms with van der Waals surface area (Å²) in [5, 5.41) is 0. The maximum Gasteiger partial charge on any atom is 0.338 e. The molecule has 2 aromatic rings. The van der Waals surface area contributed by atoms with Gasteiger partial charge < -0.3 is 9.47 Å². The van der Waals surface area contributed by atoms with Gasteiger partial charge in [-0.3, -0.25) is 0 Å². The Balaban J connectivity index is 1.75. The lowest BCUT2D eigenvalue weighted by molar-refractivity contribution is 0.0338. The van der Waals surface area contributed by atoms with Crippen molar-refractivity contribution >= 4 is 5.97 Å². The lowest BCUT2D eigenvalue weighted by Gasteiger charge is -2.14. The minimum Gasteiger partial charge on any atom is -0.494 e. The molecule has 0 heterocycles. The Morgan fingerprint density at radius 1 is 0.889 bits per heavy atom. The Kier molecular flexibility index (Phi) is 8.90. The Morgan fingerprint density at radius 3 is 2.19 bits per heavy atom. The summed E-state index contributed by atoms with van der Waals surface area (Å²) in [4.78, 5) is 12.3. The van der Waals surface area contributed by atoms with Gasteiger partial charge in [-0.15, -0.1) is 0 Å². The van der Waals surface area contributed by atoms with E-state index < -0.39 is 0 Å². The second kappa shape index (κ2) is 11.4. The quantitative estimate of drug-likeness (QED) is 0.329. The zero-order chi connectivity index (χ0) is 19.5. The predicted octanol–water partition coefficient (Wildman–Crippen LogP) is 6.65. The molecule has 27 heavy (non-hydrogen) atoms. The monoisotopic (exact) mass is 368 g/mol. The van der Waals surface area contributed by atoms with Crippen LogP contribution in [-0.2, 0) is 4.74 Å². The highest BCUT2D eigenvalue weighted by atomic mass is 16.5. The van der Waals surface area contributed by atoms with Gasteiger partial charge in [-0.25, -0.2) is 4.79 Å². The molecule has 0 fully saturated rings. The lowest BCUT2D eigenvalue weighted by atomic mass is 10.1. The first-order chi connectivity index (χ1) is 13.1. The van der Waals surface area contributed by atoms with Gasteiger partial charge >= 0.3 is 5.97 Å². The van der Waals surface area contributed by atoms with Gasteiger partial charge in [0.1, 0.15) is 11.9 Å². The Bertz CT molecular complexity index is 674. The summed E-state index contributed by atoms with van der Waals surface area (Å²) in [5.41, 5.74) is 2.72. The summed E-state index contributed by atoms with van der Waals surface area (Å²) in [6.07, 6.45) is 7.19. The number of ether oxygens (including phenoxy) is 2. The molecule has 3 nitrogen and oxygen atoms in total. The van der Waals surface area contributed by atoms with E-state index in [0.717, 1.165) is 24.3 Å². The molecule has 0 aliphatic rings. The van der Waals surface area contributed by atoms with E-state index in [2.05, 4.69) is 6.92 Å². The van der Waals surface area contributed by atoms with Crippen LogP contribution in [0.3, 0.4) is 0 Å². The average molecular weight is 369 g/mol. The highest BCUT2D eigenvalue weighted by Crippen LogP contribution is 2.20. The summed E-state index contributed by atoms with van der Waals surface area (Å²) >= 11 is 0. The van der Waals surface area contributed by atoms with Crippen molar-refractivity contribution in [1.29, 1.82) is 0 Å². The highest BCUT2D eigenvalue weighted by Gasteiger charge is 2.13. The van der Waals surface area contributed by atoms with Crippen molar-refractivity contribution in [2.75, 3.05) is 6.61 Å². The van der Waals surface area contributed by atoms with Crippen LogP contribution in [0.4, 0.5) is 0 Å². The van der Waals surface area contributed by atoms with E-state index >= 15 is 0 Å². The number of unbranched alkanes of at least 4 members (excludes halogenated alkanes) is 5. The first kappa shape index (κ1) is 21.0. The number of rotatable bonds is 11. The molecule has 0 saturated heterocycles. The van der Waals surface area contributed by atoms with Crippen LogP contribution in [0.15, 0.2) is 48.5 Å². The minimum absolute atomic E-state index is 0.276. The molecule has 146 valence electrons. The topological polar surface area (TPSA) is 35.5 Å². The molecular formula is C24H32O3. The van der Waals surface area contributed by atoms with Crippen molar-refractivity contribution in [1.82, 2.24) is 0 Å². The number of hydrogen-bond acceptors (Lipinski definition) is 3. The molecule has 3 heteroatoms. The van der Waals surface area contributed by atoms with Crippen LogP contribution in [-0.4, -0.2) is 12.6 Å². The fourth-order valence-corrected chi connectivity index (χ4v) is 2.89. The van der Waals surface area contributed by atoms with Gasteiger partial charge in [-0.05, 0) is 50.1 Å². The van der Waals surface area contributed by atoms with Crippen molar-refractivity contribution in [3.05, 3.63) is 65.2 Å². The number of hydrogen-bond donors (Lipinski definition) is 0. The first-order valence-electron chi connectivity index (χ1n) is 10.1. The molecule has 0 amide bonds. The Morgan fingerprint density at radius 2 is 1.52 bits per heavy atom. The van der Waals surface area contributed by atoms with Gasteiger partial charge in [0.15, 0.2) is 0 Å². The van der Waals surface area contributed by atoms with Crippen LogP contribution in [0.2, 0.25) is 0 Å². The van der Waals surface area contributed by atoms with Gasteiger partial charge in [0.25, 0.3) is 0 Å². The Labute approximate surface area is 163 Å². The molecule has 0 aliphatic heterocycles. The van der Waals surface area contributed by atoms with Crippen LogP contribution < -0.4 is 4.74 Å². The van der Waals surface area contributed by atoms with Crippen molar-refractivity contribution in [2.45, 2.75) is 65.4 Å². The normalized spacial score (nSPS) is 11.8. The SMILES string of the molecule is CCCCCCCCOc1ccc(C(=O)OC(C)c2ccc(C)cc2)cc1. The third-order valence-corrected chi connectivity index (χ3v) is 4.69. The molecule has 2 aromatic carbocycles. The van der Waals surface area contributed by atoms with E-state index in [4.69, 9.17) is 9.47 Å². The van der Waals surface area contributed by atoms with E-state index in [9.17, 15) is 4.79 Å². The Hall–Kier alpha value is -2.29. The first-order valence-corrected chi connectivity index (χ1v) is 10.1. The summed E-state index contributed by atoms with van der Waals surface area (Å²) < 4.78 is 11.3. The third-order valence-electron chi connectivity index (χ3n) is 4.69. The molecule has 0 radical (unpaired) electrons.